The molecular weight excluding hydrogens is 691 g/mol. The van der Waals surface area contributed by atoms with Crippen molar-refractivity contribution in [1.82, 2.24) is 4.57 Å². The minimum atomic E-state index is -0.929. The zero-order valence-electron chi connectivity index (χ0n) is 27.9. The molecule has 1 atom stereocenters. The molecule has 0 aliphatic carbocycles. The fourth-order valence-corrected chi connectivity index (χ4v) is 6.56. The number of carbonyl (C=O) groups excluding carboxylic acids is 2. The monoisotopic (exact) mass is 724 g/mol. The first-order valence-corrected chi connectivity index (χ1v) is 16.7. The number of thiazole rings is 1. The van der Waals surface area contributed by atoms with Gasteiger partial charge in [0.05, 0.1) is 54.3 Å². The molecule has 0 saturated carbocycles. The highest BCUT2D eigenvalue weighted by molar-refractivity contribution is 7.07. The molecule has 14 heteroatoms. The molecule has 0 N–H and O–H groups in total. The number of halogens is 2. The summed E-state index contributed by atoms with van der Waals surface area (Å²) in [7, 11) is 2.72. The Morgan fingerprint density at radius 3 is 2.42 bits per heavy atom. The summed E-state index contributed by atoms with van der Waals surface area (Å²) in [5.41, 5.74) is 1.97. The molecule has 0 saturated heterocycles. The van der Waals surface area contributed by atoms with Crippen LogP contribution in [0.25, 0.3) is 6.08 Å². The summed E-state index contributed by atoms with van der Waals surface area (Å²) in [5, 5.41) is 0.238. The average molecular weight is 725 g/mol. The standard InChI is InChI=1S/C36H34ClFN2O9S/c1-6-46-27-17-23(10-13-26(27)48-19-30(41)45-5)32-31(35(43)47-7-2)20(3)39-36-40(32)34(42)29(50-36)16-22-14-25(37)33(28(15-22)44-4)49-18-21-8-11-24(38)12-9-21/h8-17,32H,6-7,18-19H2,1-5H3/b29-16-/t32-/m1/s1. The van der Waals surface area contributed by atoms with Gasteiger partial charge in [-0.15, -0.1) is 0 Å². The van der Waals surface area contributed by atoms with Gasteiger partial charge >= 0.3 is 11.9 Å². The second-order valence-electron chi connectivity index (χ2n) is 10.8. The van der Waals surface area contributed by atoms with E-state index < -0.39 is 23.5 Å². The number of esters is 2. The second kappa shape index (κ2) is 16.0. The summed E-state index contributed by atoms with van der Waals surface area (Å²) in [6.07, 6.45) is 1.65. The molecule has 262 valence electrons. The zero-order chi connectivity index (χ0) is 35.9. The number of rotatable bonds is 13. The van der Waals surface area contributed by atoms with E-state index in [-0.39, 0.29) is 54.3 Å². The quantitative estimate of drug-likeness (QED) is 0.173. The van der Waals surface area contributed by atoms with Gasteiger partial charge in [-0.1, -0.05) is 41.1 Å². The van der Waals surface area contributed by atoms with E-state index in [4.69, 9.17) is 35.3 Å². The van der Waals surface area contributed by atoms with Crippen LogP contribution in [0, 0.1) is 5.82 Å². The van der Waals surface area contributed by atoms with Gasteiger partial charge in [0, 0.05) is 0 Å². The van der Waals surface area contributed by atoms with Gasteiger partial charge in [0.25, 0.3) is 5.56 Å². The van der Waals surface area contributed by atoms with Crippen molar-refractivity contribution in [1.29, 1.82) is 0 Å². The molecule has 0 bridgehead atoms. The van der Waals surface area contributed by atoms with Crippen molar-refractivity contribution >= 4 is 41.0 Å². The maximum atomic E-state index is 14.2. The highest BCUT2D eigenvalue weighted by atomic mass is 35.5. The number of hydrogen-bond acceptors (Lipinski definition) is 11. The van der Waals surface area contributed by atoms with Crippen molar-refractivity contribution in [2.45, 2.75) is 33.4 Å². The van der Waals surface area contributed by atoms with Gasteiger partial charge in [-0.3, -0.25) is 9.36 Å². The van der Waals surface area contributed by atoms with Crippen molar-refractivity contribution in [2.75, 3.05) is 34.0 Å². The van der Waals surface area contributed by atoms with Crippen LogP contribution in [0.3, 0.4) is 0 Å². The lowest BCUT2D eigenvalue weighted by Crippen LogP contribution is -2.40. The zero-order valence-corrected chi connectivity index (χ0v) is 29.5. The lowest BCUT2D eigenvalue weighted by molar-refractivity contribution is -0.143. The Hall–Kier alpha value is -5.14. The Labute approximate surface area is 295 Å². The molecule has 5 rings (SSSR count). The lowest BCUT2D eigenvalue weighted by atomic mass is 9.95. The van der Waals surface area contributed by atoms with E-state index in [2.05, 4.69) is 9.73 Å². The predicted molar refractivity (Wildman–Crippen MR) is 184 cm³/mol. The molecule has 1 aromatic heterocycles. The van der Waals surface area contributed by atoms with Crippen LogP contribution >= 0.6 is 22.9 Å². The number of ether oxygens (including phenoxy) is 6. The summed E-state index contributed by atoms with van der Waals surface area (Å²) < 4.78 is 48.1. The summed E-state index contributed by atoms with van der Waals surface area (Å²) in [5.74, 6) is -0.346. The van der Waals surface area contributed by atoms with Crippen molar-refractivity contribution in [2.24, 2.45) is 4.99 Å². The Morgan fingerprint density at radius 2 is 1.74 bits per heavy atom. The first-order chi connectivity index (χ1) is 24.1. The largest absolute Gasteiger partial charge is 0.493 e. The van der Waals surface area contributed by atoms with Gasteiger partial charge in [0.1, 0.15) is 12.4 Å². The third kappa shape index (κ3) is 7.84. The van der Waals surface area contributed by atoms with Gasteiger partial charge in [0.2, 0.25) is 0 Å². The van der Waals surface area contributed by atoms with Crippen LogP contribution in [0.15, 0.2) is 75.7 Å². The molecule has 1 aliphatic rings. The molecule has 4 aromatic rings. The van der Waals surface area contributed by atoms with Crippen molar-refractivity contribution in [3.8, 4) is 23.0 Å². The highest BCUT2D eigenvalue weighted by Crippen LogP contribution is 2.38. The number of aromatic nitrogens is 1. The van der Waals surface area contributed by atoms with E-state index in [0.717, 1.165) is 16.9 Å². The molecule has 0 spiro atoms. The Balaban J connectivity index is 1.58. The van der Waals surface area contributed by atoms with E-state index in [1.54, 1.807) is 69.3 Å². The van der Waals surface area contributed by atoms with E-state index in [9.17, 15) is 18.8 Å². The van der Waals surface area contributed by atoms with Gasteiger partial charge in [-0.2, -0.15) is 0 Å². The number of methoxy groups -OCH3 is 2. The van der Waals surface area contributed by atoms with Crippen LogP contribution in [-0.2, 0) is 25.7 Å². The van der Waals surface area contributed by atoms with Crippen LogP contribution < -0.4 is 33.8 Å². The number of fused-ring (bicyclic) bond motifs is 1. The van der Waals surface area contributed by atoms with Crippen molar-refractivity contribution in [3.05, 3.63) is 113 Å². The van der Waals surface area contributed by atoms with Crippen molar-refractivity contribution in [3.63, 3.8) is 0 Å². The van der Waals surface area contributed by atoms with Crippen LogP contribution in [0.2, 0.25) is 5.02 Å². The molecule has 3 aromatic carbocycles. The van der Waals surface area contributed by atoms with E-state index in [0.29, 0.717) is 37.7 Å². The SMILES string of the molecule is CCOC(=O)C1=C(C)N=c2s/c(=C\c3cc(Cl)c(OCc4ccc(F)cc4)c(OC)c3)c(=O)n2[C@@H]1c1ccc(OCC(=O)OC)c(OCC)c1. The first kappa shape index (κ1) is 36.1. The smallest absolute Gasteiger partial charge is 0.343 e. The van der Waals surface area contributed by atoms with Crippen LogP contribution in [-0.4, -0.2) is 50.5 Å². The normalized spacial score (nSPS) is 14.1. The third-order valence-corrected chi connectivity index (χ3v) is 8.78. The minimum Gasteiger partial charge on any atom is -0.493 e. The highest BCUT2D eigenvalue weighted by Gasteiger charge is 2.34. The molecule has 50 heavy (non-hydrogen) atoms. The first-order valence-electron chi connectivity index (χ1n) is 15.5. The minimum absolute atomic E-state index is 0.115. The van der Waals surface area contributed by atoms with E-state index in [1.165, 1.54) is 30.9 Å². The Kier molecular flexibility index (Phi) is 11.6. The number of hydrogen-bond donors (Lipinski definition) is 0. The van der Waals surface area contributed by atoms with Crippen molar-refractivity contribution < 1.29 is 42.4 Å². The lowest BCUT2D eigenvalue weighted by Gasteiger charge is -2.25. The molecule has 11 nitrogen and oxygen atoms in total. The number of carbonyl (C=O) groups is 2. The number of benzene rings is 3. The van der Waals surface area contributed by atoms with Crippen LogP contribution in [0.5, 0.6) is 23.0 Å². The van der Waals surface area contributed by atoms with Gasteiger partial charge < -0.3 is 28.4 Å². The average Bonchev–Trinajstić information content (AvgIpc) is 3.40. The van der Waals surface area contributed by atoms with Gasteiger partial charge in [-0.25, -0.2) is 19.0 Å². The number of nitrogens with zero attached hydrogens (tertiary/aromatic N) is 2. The fraction of sp³-hybridized carbons (Fsp3) is 0.278. The fourth-order valence-electron chi connectivity index (χ4n) is 5.24. The van der Waals surface area contributed by atoms with Crippen LogP contribution in [0.1, 0.15) is 43.5 Å². The summed E-state index contributed by atoms with van der Waals surface area (Å²) in [4.78, 5) is 44.3. The molecule has 2 heterocycles. The topological polar surface area (TPSA) is 124 Å². The molecular formula is C36H34ClFN2O9S. The van der Waals surface area contributed by atoms with Gasteiger partial charge in [0.15, 0.2) is 34.4 Å². The van der Waals surface area contributed by atoms with E-state index >= 15 is 0 Å². The molecule has 1 aliphatic heterocycles. The Morgan fingerprint density at radius 1 is 0.980 bits per heavy atom. The summed E-state index contributed by atoms with van der Waals surface area (Å²) in [6.45, 7) is 5.35. The third-order valence-electron chi connectivity index (χ3n) is 7.52. The maximum absolute atomic E-state index is 14.2. The maximum Gasteiger partial charge on any atom is 0.343 e. The number of allylic oxidation sites excluding steroid dienone is 1. The van der Waals surface area contributed by atoms with Gasteiger partial charge in [-0.05, 0) is 79.9 Å². The predicted octanol–water partition coefficient (Wildman–Crippen LogP) is 5.13. The molecule has 0 unspecified atom stereocenters. The van der Waals surface area contributed by atoms with E-state index in [1.807, 2.05) is 0 Å². The molecule has 0 amide bonds. The summed E-state index contributed by atoms with van der Waals surface area (Å²) >= 11 is 7.77. The molecule has 0 fully saturated rings. The second-order valence-corrected chi connectivity index (χ2v) is 12.2. The summed E-state index contributed by atoms with van der Waals surface area (Å²) in [6, 6.07) is 13.2. The molecule has 0 radical (unpaired) electrons. The Bertz CT molecular complexity index is 2130. The van der Waals surface area contributed by atoms with Crippen LogP contribution in [0.4, 0.5) is 4.39 Å².